The summed E-state index contributed by atoms with van der Waals surface area (Å²) in [6, 6.07) is 33.3. The van der Waals surface area contributed by atoms with Crippen molar-refractivity contribution in [1.82, 2.24) is 4.57 Å². The van der Waals surface area contributed by atoms with Crippen LogP contribution in [0.25, 0.3) is 77.9 Å². The van der Waals surface area contributed by atoms with E-state index in [-0.39, 0.29) is 0 Å². The summed E-state index contributed by atoms with van der Waals surface area (Å²) in [6.07, 6.45) is 1.95. The maximum absolute atomic E-state index is 4.47. The van der Waals surface area contributed by atoms with Crippen molar-refractivity contribution in [3.05, 3.63) is 96.6 Å². The van der Waals surface area contributed by atoms with E-state index in [1.165, 1.54) is 77.9 Å². The van der Waals surface area contributed by atoms with Crippen LogP contribution in [0.15, 0.2) is 101 Å². The summed E-state index contributed by atoms with van der Waals surface area (Å²) < 4.78 is 8.93. The van der Waals surface area contributed by atoms with Crippen LogP contribution < -0.4 is 0 Å². The van der Waals surface area contributed by atoms with Gasteiger partial charge in [-0.05, 0) is 43.1 Å². The van der Waals surface area contributed by atoms with Crippen molar-refractivity contribution in [3.63, 3.8) is 0 Å². The zero-order chi connectivity index (χ0) is 27.2. The molecule has 9 rings (SSSR count). The van der Waals surface area contributed by atoms with Crippen LogP contribution in [0, 0.1) is 0 Å². The lowest BCUT2D eigenvalue weighted by Gasteiger charge is -2.10. The van der Waals surface area contributed by atoms with Gasteiger partial charge in [0.15, 0.2) is 0 Å². The number of benzene rings is 5. The van der Waals surface area contributed by atoms with Crippen LogP contribution in [0.4, 0.5) is 5.00 Å². The first-order valence-electron chi connectivity index (χ1n) is 13.4. The second-order valence-corrected chi connectivity index (χ2v) is 13.4. The van der Waals surface area contributed by atoms with E-state index in [1.54, 1.807) is 11.3 Å². The van der Waals surface area contributed by atoms with Crippen molar-refractivity contribution in [2.24, 2.45) is 9.98 Å². The minimum Gasteiger partial charge on any atom is -0.308 e. The Bertz CT molecular complexity index is 2570. The highest BCUT2D eigenvalue weighted by Gasteiger charge is 2.25. The molecule has 6 heteroatoms. The molecule has 0 saturated heterocycles. The predicted octanol–water partition coefficient (Wildman–Crippen LogP) is 11.1. The van der Waals surface area contributed by atoms with E-state index in [9.17, 15) is 0 Å². The monoisotopic (exact) mass is 579 g/mol. The number of para-hydroxylation sites is 1. The van der Waals surface area contributed by atoms with E-state index >= 15 is 0 Å². The lowest BCUT2D eigenvalue weighted by molar-refractivity contribution is 1.19. The minimum absolute atomic E-state index is 0.917. The highest BCUT2D eigenvalue weighted by molar-refractivity contribution is 7.29. The molecule has 0 atom stereocenters. The number of fused-ring (bicyclic) bond motifs is 13. The zero-order valence-electron chi connectivity index (χ0n) is 22.0. The van der Waals surface area contributed by atoms with E-state index in [4.69, 9.17) is 0 Å². The van der Waals surface area contributed by atoms with Crippen LogP contribution >= 0.6 is 34.0 Å². The topological polar surface area (TPSA) is 29.6 Å². The van der Waals surface area contributed by atoms with Crippen LogP contribution in [0.3, 0.4) is 0 Å². The molecule has 0 aliphatic heterocycles. The average molecular weight is 580 g/mol. The fourth-order valence-electron chi connectivity index (χ4n) is 6.48. The summed E-state index contributed by atoms with van der Waals surface area (Å²) in [7, 11) is 1.83. The SMILES string of the molecule is C=Nc1sc2c(c1C=NC)c1sc3ccccc3c1c1c2c2ccccc2n1-c1ccc2sc3ccccc3c2c1. The molecule has 0 unspecified atom stereocenters. The molecule has 4 heterocycles. The van der Waals surface area contributed by atoms with Crippen LogP contribution in [-0.2, 0) is 0 Å². The molecule has 0 fully saturated rings. The van der Waals surface area contributed by atoms with Gasteiger partial charge in [0.25, 0.3) is 0 Å². The first-order chi connectivity index (χ1) is 20.3. The van der Waals surface area contributed by atoms with Crippen molar-refractivity contribution < 1.29 is 0 Å². The third-order valence-electron chi connectivity index (χ3n) is 8.11. The fourth-order valence-corrected chi connectivity index (χ4v) is 10.0. The zero-order valence-corrected chi connectivity index (χ0v) is 24.5. The number of hydrogen-bond donors (Lipinski definition) is 0. The number of nitrogens with zero attached hydrogens (tertiary/aromatic N) is 3. The fraction of sp³-hybridized carbons (Fsp3) is 0.0286. The van der Waals surface area contributed by atoms with Crippen LogP contribution in [0.1, 0.15) is 5.56 Å². The smallest absolute Gasteiger partial charge is 0.125 e. The van der Waals surface area contributed by atoms with Crippen LogP contribution in [-0.4, -0.2) is 24.5 Å². The summed E-state index contributed by atoms with van der Waals surface area (Å²) in [5, 5.41) is 9.85. The van der Waals surface area contributed by atoms with Crippen molar-refractivity contribution in [2.45, 2.75) is 0 Å². The molecule has 3 nitrogen and oxygen atoms in total. The lowest BCUT2D eigenvalue weighted by Crippen LogP contribution is -1.94. The van der Waals surface area contributed by atoms with Gasteiger partial charge in [0.1, 0.15) is 5.00 Å². The highest BCUT2D eigenvalue weighted by Crippen LogP contribution is 2.52. The van der Waals surface area contributed by atoms with Gasteiger partial charge in [-0.15, -0.1) is 34.0 Å². The Morgan fingerprint density at radius 3 is 2.12 bits per heavy atom. The molecule has 0 aliphatic carbocycles. The standard InChI is InChI=1S/C35H21N3S3/c1-36-18-24-31-33-30(22-11-5-8-14-27(22)40-33)32-29(34(31)41-35(24)37-2)21-10-3-6-12-25(21)38(32)19-15-16-28-23(17-19)20-9-4-7-13-26(20)39-28/h3-18H,2H2,1H3. The molecular formula is C35H21N3S3. The van der Waals surface area contributed by atoms with Gasteiger partial charge in [0, 0.05) is 85.7 Å². The van der Waals surface area contributed by atoms with Gasteiger partial charge in [0.05, 0.1) is 11.0 Å². The van der Waals surface area contributed by atoms with Gasteiger partial charge in [-0.3, -0.25) is 9.98 Å². The first kappa shape index (κ1) is 23.4. The van der Waals surface area contributed by atoms with Gasteiger partial charge in [-0.2, -0.15) is 0 Å². The molecule has 9 aromatic rings. The Kier molecular flexibility index (Phi) is 4.88. The second-order valence-electron chi connectivity index (χ2n) is 10.2. The molecule has 0 aliphatic rings. The normalized spacial score (nSPS) is 12.5. The van der Waals surface area contributed by atoms with Crippen LogP contribution in [0.5, 0.6) is 0 Å². The van der Waals surface area contributed by atoms with Gasteiger partial charge in [-0.25, -0.2) is 0 Å². The molecule has 5 aromatic carbocycles. The van der Waals surface area contributed by atoms with Gasteiger partial charge >= 0.3 is 0 Å². The van der Waals surface area contributed by atoms with Crippen molar-refractivity contribution in [2.75, 3.05) is 7.05 Å². The van der Waals surface area contributed by atoms with E-state index < -0.39 is 0 Å². The van der Waals surface area contributed by atoms with Gasteiger partial charge < -0.3 is 4.57 Å². The molecule has 4 aromatic heterocycles. The van der Waals surface area contributed by atoms with E-state index in [0.29, 0.717) is 0 Å². The van der Waals surface area contributed by atoms with Gasteiger partial charge in [0.2, 0.25) is 0 Å². The third kappa shape index (κ3) is 3.07. The molecule has 41 heavy (non-hydrogen) atoms. The molecule has 0 N–H and O–H groups in total. The molecule has 0 amide bonds. The minimum atomic E-state index is 0.917. The average Bonchev–Trinajstić information content (AvgIpc) is 3.75. The Balaban J connectivity index is 1.57. The van der Waals surface area contributed by atoms with E-state index in [1.807, 2.05) is 35.9 Å². The predicted molar refractivity (Wildman–Crippen MR) is 185 cm³/mol. The maximum atomic E-state index is 4.47. The number of aliphatic imine (C=N–C) groups is 2. The number of hydrogen-bond acceptors (Lipinski definition) is 5. The number of aromatic nitrogens is 1. The summed E-state index contributed by atoms with van der Waals surface area (Å²) >= 11 is 5.44. The van der Waals surface area contributed by atoms with Gasteiger partial charge in [-0.1, -0.05) is 54.6 Å². The molecular weight excluding hydrogens is 559 g/mol. The molecule has 0 saturated carbocycles. The number of thiophene rings is 3. The lowest BCUT2D eigenvalue weighted by atomic mass is 10.0. The van der Waals surface area contributed by atoms with E-state index in [2.05, 4.69) is 112 Å². The largest absolute Gasteiger partial charge is 0.308 e. The Morgan fingerprint density at radius 2 is 1.32 bits per heavy atom. The Hall–Kier alpha value is -4.36. The van der Waals surface area contributed by atoms with E-state index in [0.717, 1.165) is 10.6 Å². The molecule has 0 spiro atoms. The highest BCUT2D eigenvalue weighted by atomic mass is 32.1. The molecule has 194 valence electrons. The Labute approximate surface area is 246 Å². The third-order valence-corrected chi connectivity index (χ3v) is 11.6. The summed E-state index contributed by atoms with van der Waals surface area (Å²) in [4.78, 5) is 8.91. The second kappa shape index (κ2) is 8.57. The number of rotatable bonds is 3. The van der Waals surface area contributed by atoms with Crippen molar-refractivity contribution in [3.8, 4) is 5.69 Å². The summed E-state index contributed by atoms with van der Waals surface area (Å²) in [6.45, 7) is 3.93. The summed E-state index contributed by atoms with van der Waals surface area (Å²) in [5.74, 6) is 0. The summed E-state index contributed by atoms with van der Waals surface area (Å²) in [5.41, 5.74) is 4.70. The van der Waals surface area contributed by atoms with Crippen molar-refractivity contribution in [1.29, 1.82) is 0 Å². The maximum Gasteiger partial charge on any atom is 0.125 e. The quantitative estimate of drug-likeness (QED) is 0.186. The molecule has 0 bridgehead atoms. The van der Waals surface area contributed by atoms with Crippen LogP contribution in [0.2, 0.25) is 0 Å². The Morgan fingerprint density at radius 1 is 0.659 bits per heavy atom. The first-order valence-corrected chi connectivity index (χ1v) is 15.8. The van der Waals surface area contributed by atoms with Crippen molar-refractivity contribution >= 4 is 124 Å². The molecule has 0 radical (unpaired) electrons.